The third kappa shape index (κ3) is 6.04. The summed E-state index contributed by atoms with van der Waals surface area (Å²) in [6.07, 6.45) is -4.84. The molecular formula is C12H15BrClF3N2O2S. The molecule has 1 aromatic rings. The Morgan fingerprint density at radius 3 is 2.18 bits per heavy atom. The van der Waals surface area contributed by atoms with Gasteiger partial charge in [-0.1, -0.05) is 33.6 Å². The molecule has 1 rings (SSSR count). The summed E-state index contributed by atoms with van der Waals surface area (Å²) in [5.74, 6) is 0. The Hall–Kier alpha value is -0.350. The van der Waals surface area contributed by atoms with Crippen LogP contribution in [-0.4, -0.2) is 20.1 Å². The van der Waals surface area contributed by atoms with E-state index in [4.69, 9.17) is 11.6 Å². The van der Waals surface area contributed by atoms with Crippen molar-refractivity contribution in [3.8, 4) is 0 Å². The van der Waals surface area contributed by atoms with Gasteiger partial charge in [-0.05, 0) is 38.5 Å². The van der Waals surface area contributed by atoms with Gasteiger partial charge in [-0.3, -0.25) is 0 Å². The second-order valence-corrected chi connectivity index (χ2v) is 8.38. The van der Waals surface area contributed by atoms with Crippen LogP contribution >= 0.6 is 27.5 Å². The molecule has 0 amide bonds. The summed E-state index contributed by atoms with van der Waals surface area (Å²) in [4.78, 5) is 0. The minimum atomic E-state index is -4.84. The lowest BCUT2D eigenvalue weighted by Gasteiger charge is -2.26. The number of hydrogen-bond donors (Lipinski definition) is 2. The van der Waals surface area contributed by atoms with E-state index >= 15 is 0 Å². The van der Waals surface area contributed by atoms with Crippen LogP contribution < -0.4 is 9.44 Å². The standard InChI is InChI=1S/C12H15BrClF3N2O2S/c1-11(2,3)19-22(20,21)18-10(12(15,16)17)8-5-4-7(13)6-9(8)14/h4-6,10,18-19H,1-3H3/t10-/m0/s1. The molecule has 0 radical (unpaired) electrons. The Morgan fingerprint density at radius 2 is 1.77 bits per heavy atom. The lowest BCUT2D eigenvalue weighted by molar-refractivity contribution is -0.153. The van der Waals surface area contributed by atoms with Crippen molar-refractivity contribution < 1.29 is 21.6 Å². The van der Waals surface area contributed by atoms with Crippen molar-refractivity contribution in [2.24, 2.45) is 0 Å². The summed E-state index contributed by atoms with van der Waals surface area (Å²) in [6.45, 7) is 4.55. The Bertz CT molecular complexity index is 645. The Balaban J connectivity index is 3.21. The van der Waals surface area contributed by atoms with Crippen LogP contribution in [0.15, 0.2) is 22.7 Å². The van der Waals surface area contributed by atoms with E-state index in [9.17, 15) is 21.6 Å². The highest BCUT2D eigenvalue weighted by Crippen LogP contribution is 2.37. The predicted octanol–water partition coefficient (Wildman–Crippen LogP) is 3.93. The van der Waals surface area contributed by atoms with E-state index in [0.29, 0.717) is 4.47 Å². The van der Waals surface area contributed by atoms with Crippen LogP contribution in [0.2, 0.25) is 5.02 Å². The first-order valence-corrected chi connectivity index (χ1v) is 8.69. The minimum Gasteiger partial charge on any atom is -0.197 e. The number of hydrogen-bond acceptors (Lipinski definition) is 2. The SMILES string of the molecule is CC(C)(C)NS(=O)(=O)N[C@@H](c1ccc(Br)cc1Cl)C(F)(F)F. The molecule has 0 aromatic heterocycles. The van der Waals surface area contributed by atoms with Gasteiger partial charge in [-0.2, -0.15) is 31.0 Å². The number of alkyl halides is 3. The summed E-state index contributed by atoms with van der Waals surface area (Å²) in [7, 11) is -4.39. The van der Waals surface area contributed by atoms with Gasteiger partial charge in [-0.25, -0.2) is 0 Å². The third-order valence-electron chi connectivity index (χ3n) is 2.31. The van der Waals surface area contributed by atoms with Crippen molar-refractivity contribution in [1.82, 2.24) is 9.44 Å². The number of rotatable bonds is 4. The average Bonchev–Trinajstić information content (AvgIpc) is 2.21. The largest absolute Gasteiger partial charge is 0.408 e. The molecule has 0 unspecified atom stereocenters. The molecule has 0 bridgehead atoms. The number of benzene rings is 1. The topological polar surface area (TPSA) is 58.2 Å². The highest BCUT2D eigenvalue weighted by molar-refractivity contribution is 9.10. The smallest absolute Gasteiger partial charge is 0.197 e. The van der Waals surface area contributed by atoms with Crippen LogP contribution in [0, 0.1) is 0 Å². The van der Waals surface area contributed by atoms with Crippen LogP contribution in [0.5, 0.6) is 0 Å². The molecule has 0 aliphatic carbocycles. The van der Waals surface area contributed by atoms with Crippen LogP contribution in [0.1, 0.15) is 32.4 Å². The second-order valence-electron chi connectivity index (χ2n) is 5.61. The molecular weight excluding hydrogens is 409 g/mol. The molecule has 1 aromatic carbocycles. The van der Waals surface area contributed by atoms with Crippen molar-refractivity contribution in [3.63, 3.8) is 0 Å². The van der Waals surface area contributed by atoms with E-state index in [1.165, 1.54) is 32.9 Å². The van der Waals surface area contributed by atoms with Gasteiger partial charge in [0, 0.05) is 15.0 Å². The average molecular weight is 424 g/mol. The van der Waals surface area contributed by atoms with Crippen LogP contribution in [0.4, 0.5) is 13.2 Å². The zero-order valence-electron chi connectivity index (χ0n) is 11.9. The van der Waals surface area contributed by atoms with Crippen LogP contribution in [0.25, 0.3) is 0 Å². The van der Waals surface area contributed by atoms with Gasteiger partial charge >= 0.3 is 6.18 Å². The lowest BCUT2D eigenvalue weighted by Crippen LogP contribution is -2.50. The Kier molecular flexibility index (Phi) is 5.95. The molecule has 0 aliphatic heterocycles. The van der Waals surface area contributed by atoms with Crippen molar-refractivity contribution >= 4 is 37.7 Å². The van der Waals surface area contributed by atoms with Gasteiger partial charge in [0.1, 0.15) is 6.04 Å². The first kappa shape index (κ1) is 19.7. The predicted molar refractivity (Wildman–Crippen MR) is 82.9 cm³/mol. The molecule has 0 saturated carbocycles. The first-order chi connectivity index (χ1) is 9.71. The van der Waals surface area contributed by atoms with Crippen molar-refractivity contribution in [1.29, 1.82) is 0 Å². The summed E-state index contributed by atoms with van der Waals surface area (Å²) < 4.78 is 67.6. The molecule has 1 atom stereocenters. The summed E-state index contributed by atoms with van der Waals surface area (Å²) in [5.41, 5.74) is -1.30. The summed E-state index contributed by atoms with van der Waals surface area (Å²) in [6, 6.07) is 1.28. The lowest BCUT2D eigenvalue weighted by atomic mass is 10.1. The fourth-order valence-corrected chi connectivity index (χ4v) is 3.85. The molecule has 0 aliphatic rings. The van der Waals surface area contributed by atoms with Gasteiger partial charge in [0.2, 0.25) is 0 Å². The monoisotopic (exact) mass is 422 g/mol. The normalized spacial score (nSPS) is 14.9. The molecule has 0 saturated heterocycles. The molecule has 126 valence electrons. The van der Waals surface area contributed by atoms with E-state index in [-0.39, 0.29) is 10.6 Å². The van der Waals surface area contributed by atoms with Crippen molar-refractivity contribution in [2.45, 2.75) is 38.5 Å². The van der Waals surface area contributed by atoms with Crippen molar-refractivity contribution in [3.05, 3.63) is 33.3 Å². The van der Waals surface area contributed by atoms with Gasteiger partial charge < -0.3 is 0 Å². The quantitative estimate of drug-likeness (QED) is 0.771. The first-order valence-electron chi connectivity index (χ1n) is 6.04. The van der Waals surface area contributed by atoms with E-state index in [0.717, 1.165) is 6.07 Å². The number of halogens is 5. The zero-order valence-corrected chi connectivity index (χ0v) is 15.1. The molecule has 0 fully saturated rings. The Morgan fingerprint density at radius 1 is 1.23 bits per heavy atom. The van der Waals surface area contributed by atoms with Crippen LogP contribution in [-0.2, 0) is 10.2 Å². The van der Waals surface area contributed by atoms with Gasteiger partial charge in [0.05, 0.1) is 0 Å². The van der Waals surface area contributed by atoms with Gasteiger partial charge in [0.25, 0.3) is 10.2 Å². The summed E-state index contributed by atoms with van der Waals surface area (Å²) >= 11 is 8.89. The maximum absolute atomic E-state index is 13.2. The van der Waals surface area contributed by atoms with Gasteiger partial charge in [-0.15, -0.1) is 0 Å². The molecule has 0 spiro atoms. The fraction of sp³-hybridized carbons (Fsp3) is 0.500. The number of nitrogens with one attached hydrogen (secondary N) is 2. The van der Waals surface area contributed by atoms with Crippen LogP contribution in [0.3, 0.4) is 0 Å². The van der Waals surface area contributed by atoms with E-state index < -0.39 is 28.0 Å². The highest BCUT2D eigenvalue weighted by atomic mass is 79.9. The maximum atomic E-state index is 13.2. The zero-order chi connectivity index (χ0) is 17.3. The van der Waals surface area contributed by atoms with Gasteiger partial charge in [0.15, 0.2) is 0 Å². The highest BCUT2D eigenvalue weighted by Gasteiger charge is 2.44. The molecule has 0 heterocycles. The minimum absolute atomic E-state index is 0.199. The summed E-state index contributed by atoms with van der Waals surface area (Å²) in [5, 5.41) is -0.199. The maximum Gasteiger partial charge on any atom is 0.408 e. The molecule has 2 N–H and O–H groups in total. The fourth-order valence-electron chi connectivity index (χ4n) is 1.63. The third-order valence-corrected chi connectivity index (χ3v) is 4.56. The van der Waals surface area contributed by atoms with Crippen molar-refractivity contribution in [2.75, 3.05) is 0 Å². The second kappa shape index (κ2) is 6.64. The Labute approximate surface area is 140 Å². The van der Waals surface area contributed by atoms with E-state index in [1.54, 1.807) is 4.72 Å². The molecule has 10 heteroatoms. The molecule has 22 heavy (non-hydrogen) atoms. The molecule has 4 nitrogen and oxygen atoms in total. The van der Waals surface area contributed by atoms with E-state index in [2.05, 4.69) is 20.7 Å². The van der Waals surface area contributed by atoms with E-state index in [1.807, 2.05) is 0 Å².